The zero-order chi connectivity index (χ0) is 11.7. The monoisotopic (exact) mass is 230 g/mol. The molecule has 17 heavy (non-hydrogen) atoms. The van der Waals surface area contributed by atoms with Crippen molar-refractivity contribution >= 4 is 16.5 Å². The summed E-state index contributed by atoms with van der Waals surface area (Å²) in [6, 6.07) is 4.07. The van der Waals surface area contributed by atoms with Gasteiger partial charge in [0.15, 0.2) is 0 Å². The van der Waals surface area contributed by atoms with E-state index in [2.05, 4.69) is 22.3 Å². The number of aromatic nitrogens is 2. The van der Waals surface area contributed by atoms with Crippen molar-refractivity contribution in [2.45, 2.75) is 6.42 Å². The molecule has 0 aliphatic carbocycles. The summed E-state index contributed by atoms with van der Waals surface area (Å²) in [4.78, 5) is 0. The van der Waals surface area contributed by atoms with E-state index in [-0.39, 0.29) is 0 Å². The molecule has 0 radical (unpaired) electrons. The van der Waals surface area contributed by atoms with Crippen LogP contribution in [0, 0.1) is 0 Å². The van der Waals surface area contributed by atoms with Gasteiger partial charge in [-0.15, -0.1) is 0 Å². The van der Waals surface area contributed by atoms with Gasteiger partial charge in [-0.25, -0.2) is 0 Å². The summed E-state index contributed by atoms with van der Waals surface area (Å²) in [5.41, 5.74) is 3.55. The first-order valence-electron chi connectivity index (χ1n) is 5.67. The molecule has 1 aromatic heterocycles. The lowest BCUT2D eigenvalue weighted by molar-refractivity contribution is 0.161. The molecular weight excluding hydrogens is 216 g/mol. The minimum Gasteiger partial charge on any atom is -0.496 e. The third-order valence-corrected chi connectivity index (χ3v) is 3.10. The first-order chi connectivity index (χ1) is 8.40. The maximum absolute atomic E-state index is 5.33. The Morgan fingerprint density at radius 3 is 3.12 bits per heavy atom. The predicted molar refractivity (Wildman–Crippen MR) is 66.1 cm³/mol. The lowest BCUT2D eigenvalue weighted by Gasteiger charge is -2.15. The van der Waals surface area contributed by atoms with Gasteiger partial charge >= 0.3 is 0 Å². The molecule has 1 N–H and O–H groups in total. The zero-order valence-electron chi connectivity index (χ0n) is 9.69. The molecule has 0 atom stereocenters. The lowest BCUT2D eigenvalue weighted by Crippen LogP contribution is -2.04. The van der Waals surface area contributed by atoms with Crippen LogP contribution in [-0.4, -0.2) is 30.5 Å². The van der Waals surface area contributed by atoms with Gasteiger partial charge in [-0.1, -0.05) is 6.08 Å². The van der Waals surface area contributed by atoms with Crippen LogP contribution in [0.5, 0.6) is 5.75 Å². The number of aromatic amines is 1. The average molecular weight is 230 g/mol. The van der Waals surface area contributed by atoms with Crippen molar-refractivity contribution in [3.63, 3.8) is 0 Å². The van der Waals surface area contributed by atoms with Crippen LogP contribution in [0.15, 0.2) is 24.4 Å². The van der Waals surface area contributed by atoms with Gasteiger partial charge in [0.25, 0.3) is 0 Å². The summed E-state index contributed by atoms with van der Waals surface area (Å²) >= 11 is 0. The maximum atomic E-state index is 5.33. The highest BCUT2D eigenvalue weighted by molar-refractivity contribution is 5.94. The number of nitrogens with one attached hydrogen (secondary N) is 1. The summed E-state index contributed by atoms with van der Waals surface area (Å²) in [7, 11) is 1.68. The SMILES string of the molecule is COc1ccc(C2=CCOCC2)c2[nH]ncc12. The van der Waals surface area contributed by atoms with Gasteiger partial charge in [-0.2, -0.15) is 5.10 Å². The van der Waals surface area contributed by atoms with Crippen molar-refractivity contribution in [2.75, 3.05) is 20.3 Å². The Hall–Kier alpha value is -1.81. The van der Waals surface area contributed by atoms with Crippen LogP contribution in [0.3, 0.4) is 0 Å². The smallest absolute Gasteiger partial charge is 0.129 e. The highest BCUT2D eigenvalue weighted by Gasteiger charge is 2.13. The Kier molecular flexibility index (Phi) is 2.57. The minimum atomic E-state index is 0.691. The van der Waals surface area contributed by atoms with Crippen molar-refractivity contribution in [2.24, 2.45) is 0 Å². The van der Waals surface area contributed by atoms with Gasteiger partial charge in [0.1, 0.15) is 5.75 Å². The molecule has 0 spiro atoms. The van der Waals surface area contributed by atoms with E-state index in [0.29, 0.717) is 6.61 Å². The predicted octanol–water partition coefficient (Wildman–Crippen LogP) is 2.38. The number of H-pyrrole nitrogens is 1. The first-order valence-corrected chi connectivity index (χ1v) is 5.67. The van der Waals surface area contributed by atoms with E-state index in [1.54, 1.807) is 13.3 Å². The van der Waals surface area contributed by atoms with Crippen molar-refractivity contribution in [1.82, 2.24) is 10.2 Å². The number of rotatable bonds is 2. The van der Waals surface area contributed by atoms with Crippen LogP contribution in [0.2, 0.25) is 0 Å². The third kappa shape index (κ3) is 1.70. The number of fused-ring (bicyclic) bond motifs is 1. The van der Waals surface area contributed by atoms with Crippen molar-refractivity contribution < 1.29 is 9.47 Å². The van der Waals surface area contributed by atoms with Crippen LogP contribution in [0.4, 0.5) is 0 Å². The highest BCUT2D eigenvalue weighted by atomic mass is 16.5. The molecule has 0 bridgehead atoms. The summed E-state index contributed by atoms with van der Waals surface area (Å²) in [6.45, 7) is 1.48. The van der Waals surface area contributed by atoms with Crippen molar-refractivity contribution in [3.05, 3.63) is 30.0 Å². The van der Waals surface area contributed by atoms with Gasteiger partial charge in [0.2, 0.25) is 0 Å². The van der Waals surface area contributed by atoms with E-state index < -0.39 is 0 Å². The molecule has 4 nitrogen and oxygen atoms in total. The van der Waals surface area contributed by atoms with Crippen LogP contribution >= 0.6 is 0 Å². The quantitative estimate of drug-likeness (QED) is 0.861. The third-order valence-electron chi connectivity index (χ3n) is 3.10. The van der Waals surface area contributed by atoms with E-state index in [1.165, 1.54) is 11.1 Å². The lowest BCUT2D eigenvalue weighted by atomic mass is 9.99. The van der Waals surface area contributed by atoms with Crippen molar-refractivity contribution in [1.29, 1.82) is 0 Å². The molecular formula is C13H14N2O2. The molecule has 3 rings (SSSR count). The minimum absolute atomic E-state index is 0.691. The number of nitrogens with zero attached hydrogens (tertiary/aromatic N) is 1. The van der Waals surface area contributed by atoms with Gasteiger partial charge in [0, 0.05) is 5.56 Å². The Morgan fingerprint density at radius 1 is 1.41 bits per heavy atom. The van der Waals surface area contributed by atoms with Crippen LogP contribution in [0.1, 0.15) is 12.0 Å². The highest BCUT2D eigenvalue weighted by Crippen LogP contribution is 2.32. The number of hydrogen-bond acceptors (Lipinski definition) is 3. The van der Waals surface area contributed by atoms with Gasteiger partial charge in [-0.3, -0.25) is 5.10 Å². The van der Waals surface area contributed by atoms with Gasteiger partial charge in [-0.05, 0) is 24.1 Å². The molecule has 2 aromatic rings. The van der Waals surface area contributed by atoms with Gasteiger partial charge in [0.05, 0.1) is 37.4 Å². The molecule has 88 valence electrons. The largest absolute Gasteiger partial charge is 0.496 e. The molecule has 4 heteroatoms. The molecule has 1 aromatic carbocycles. The van der Waals surface area contributed by atoms with E-state index in [1.807, 2.05) is 6.07 Å². The summed E-state index contributed by atoms with van der Waals surface area (Å²) < 4.78 is 10.7. The number of ether oxygens (including phenoxy) is 2. The summed E-state index contributed by atoms with van der Waals surface area (Å²) in [6.07, 6.45) is 4.88. The van der Waals surface area contributed by atoms with Crippen LogP contribution in [0.25, 0.3) is 16.5 Å². The second kappa shape index (κ2) is 4.22. The second-order valence-corrected chi connectivity index (χ2v) is 4.03. The normalized spacial score (nSPS) is 15.9. The molecule has 0 amide bonds. The number of methoxy groups -OCH3 is 1. The van der Waals surface area contributed by atoms with Crippen LogP contribution < -0.4 is 4.74 Å². The fourth-order valence-corrected chi connectivity index (χ4v) is 2.23. The molecule has 1 aliphatic heterocycles. The molecule has 0 unspecified atom stereocenters. The van der Waals surface area contributed by atoms with Crippen LogP contribution in [-0.2, 0) is 4.74 Å². The second-order valence-electron chi connectivity index (χ2n) is 4.03. The van der Waals surface area contributed by atoms with Gasteiger partial charge < -0.3 is 9.47 Å². The van der Waals surface area contributed by atoms with E-state index >= 15 is 0 Å². The fraction of sp³-hybridized carbons (Fsp3) is 0.308. The van der Waals surface area contributed by atoms with E-state index in [4.69, 9.17) is 9.47 Å². The molecule has 0 saturated heterocycles. The standard InChI is InChI=1S/C13H14N2O2/c1-16-12-3-2-10(9-4-6-17-7-5-9)13-11(12)8-14-15-13/h2-4,8H,5-7H2,1H3,(H,14,15). The van der Waals surface area contributed by atoms with E-state index in [0.717, 1.165) is 29.7 Å². The summed E-state index contributed by atoms with van der Waals surface area (Å²) in [5, 5.41) is 8.18. The zero-order valence-corrected chi connectivity index (χ0v) is 9.69. The maximum Gasteiger partial charge on any atom is 0.129 e. The average Bonchev–Trinajstić information content (AvgIpc) is 2.88. The van der Waals surface area contributed by atoms with Crippen molar-refractivity contribution in [3.8, 4) is 5.75 Å². The molecule has 2 heterocycles. The fourth-order valence-electron chi connectivity index (χ4n) is 2.23. The number of hydrogen-bond donors (Lipinski definition) is 1. The molecule has 0 fully saturated rings. The number of benzene rings is 1. The Bertz CT molecular complexity index is 572. The van der Waals surface area contributed by atoms with E-state index in [9.17, 15) is 0 Å². The Balaban J connectivity index is 2.17. The first kappa shape index (κ1) is 10.4. The molecule has 0 saturated carbocycles. The Labute approximate surface area is 99.2 Å². The summed E-state index contributed by atoms with van der Waals surface area (Å²) in [5.74, 6) is 0.852. The molecule has 1 aliphatic rings. The Morgan fingerprint density at radius 2 is 2.35 bits per heavy atom. The topological polar surface area (TPSA) is 47.1 Å².